The Kier molecular flexibility index (Phi) is 5.79. The van der Waals surface area contributed by atoms with Crippen LogP contribution in [0.2, 0.25) is 0 Å². The molecule has 0 radical (unpaired) electrons. The molecule has 0 aromatic heterocycles. The van der Waals surface area contributed by atoms with Crippen LogP contribution in [0, 0.1) is 0 Å². The molecule has 2 rings (SSSR count). The van der Waals surface area contributed by atoms with E-state index in [0.717, 1.165) is 44.0 Å². The molecule has 0 bridgehead atoms. The van der Waals surface area contributed by atoms with Crippen LogP contribution >= 0.6 is 0 Å². The average molecular weight is 279 g/mol. The Bertz CT molecular complexity index is 406. The summed E-state index contributed by atoms with van der Waals surface area (Å²) in [6.07, 6.45) is 0. The predicted octanol–water partition coefficient (Wildman–Crippen LogP) is 0.305. The number of rotatable bonds is 6. The number of para-hydroxylation sites is 1. The maximum Gasteiger partial charge on any atom is 0.124 e. The van der Waals surface area contributed by atoms with Gasteiger partial charge < -0.3 is 20.5 Å². The Morgan fingerprint density at radius 2 is 1.95 bits per heavy atom. The second-order valence-corrected chi connectivity index (χ2v) is 5.32. The second-order valence-electron chi connectivity index (χ2n) is 5.32. The van der Waals surface area contributed by atoms with Crippen LogP contribution in [0.15, 0.2) is 24.3 Å². The highest BCUT2D eigenvalue weighted by atomic mass is 16.5. The number of likely N-dealkylation sites (N-methyl/N-ethyl adjacent to an activating group) is 1. The molecule has 3 N–H and O–H groups in total. The molecule has 0 amide bonds. The number of nitrogens with two attached hydrogens (primary N) is 1. The van der Waals surface area contributed by atoms with Gasteiger partial charge in [0.25, 0.3) is 0 Å². The fourth-order valence-corrected chi connectivity index (χ4v) is 2.37. The van der Waals surface area contributed by atoms with Crippen LogP contribution in [0.4, 0.5) is 0 Å². The van der Waals surface area contributed by atoms with E-state index < -0.39 is 0 Å². The molecule has 1 fully saturated rings. The van der Waals surface area contributed by atoms with Gasteiger partial charge in [-0.3, -0.25) is 4.90 Å². The van der Waals surface area contributed by atoms with Gasteiger partial charge in [0.1, 0.15) is 12.4 Å². The lowest BCUT2D eigenvalue weighted by molar-refractivity contribution is 0.133. The number of piperazine rings is 1. The molecule has 1 aromatic carbocycles. The standard InChI is InChI=1S/C15H25N3O2/c1-17-6-8-18(9-7-17)10-11-20-15-5-3-2-4-13(15)14(16)12-19/h2-5,14,19H,6-12,16H2,1H3/t14-/m1/s1. The summed E-state index contributed by atoms with van der Waals surface area (Å²) in [7, 11) is 2.15. The van der Waals surface area contributed by atoms with Crippen LogP contribution in [0.5, 0.6) is 5.75 Å². The molecule has 1 heterocycles. The number of nitrogens with zero attached hydrogens (tertiary/aromatic N) is 2. The zero-order valence-corrected chi connectivity index (χ0v) is 12.2. The molecule has 1 saturated heterocycles. The number of hydrogen-bond donors (Lipinski definition) is 2. The minimum Gasteiger partial charge on any atom is -0.492 e. The number of hydrogen-bond acceptors (Lipinski definition) is 5. The lowest BCUT2D eigenvalue weighted by Gasteiger charge is -2.32. The van der Waals surface area contributed by atoms with E-state index in [2.05, 4.69) is 16.8 Å². The Labute approximate surface area is 120 Å². The van der Waals surface area contributed by atoms with E-state index in [1.54, 1.807) is 0 Å². The van der Waals surface area contributed by atoms with Crippen LogP contribution in [-0.2, 0) is 0 Å². The highest BCUT2D eigenvalue weighted by molar-refractivity contribution is 5.35. The van der Waals surface area contributed by atoms with E-state index in [1.165, 1.54) is 0 Å². The normalized spacial score (nSPS) is 18.9. The Hall–Kier alpha value is -1.14. The SMILES string of the molecule is CN1CCN(CCOc2ccccc2[C@H](N)CO)CC1. The molecule has 0 spiro atoms. The number of benzene rings is 1. The Morgan fingerprint density at radius 3 is 2.65 bits per heavy atom. The first-order valence-corrected chi connectivity index (χ1v) is 7.19. The van der Waals surface area contributed by atoms with E-state index in [1.807, 2.05) is 24.3 Å². The molecular formula is C15H25N3O2. The summed E-state index contributed by atoms with van der Waals surface area (Å²) in [5, 5.41) is 9.17. The Morgan fingerprint density at radius 1 is 1.25 bits per heavy atom. The molecule has 1 aliphatic rings. The van der Waals surface area contributed by atoms with Crippen LogP contribution in [0.3, 0.4) is 0 Å². The third-order valence-electron chi connectivity index (χ3n) is 3.78. The van der Waals surface area contributed by atoms with Crippen molar-refractivity contribution in [1.82, 2.24) is 9.80 Å². The summed E-state index contributed by atoms with van der Waals surface area (Å²) < 4.78 is 5.84. The van der Waals surface area contributed by atoms with E-state index in [4.69, 9.17) is 10.5 Å². The van der Waals surface area contributed by atoms with Crippen LogP contribution in [0.25, 0.3) is 0 Å². The number of aliphatic hydroxyl groups is 1. The van der Waals surface area contributed by atoms with Gasteiger partial charge in [0.2, 0.25) is 0 Å². The number of ether oxygens (including phenoxy) is 1. The van der Waals surface area contributed by atoms with Crippen molar-refractivity contribution in [2.75, 3.05) is 53.0 Å². The van der Waals surface area contributed by atoms with Gasteiger partial charge in [-0.2, -0.15) is 0 Å². The molecule has 5 nitrogen and oxygen atoms in total. The highest BCUT2D eigenvalue weighted by Gasteiger charge is 2.14. The quantitative estimate of drug-likeness (QED) is 0.784. The zero-order valence-electron chi connectivity index (χ0n) is 12.2. The Balaban J connectivity index is 1.82. The minimum absolute atomic E-state index is 0.0706. The van der Waals surface area contributed by atoms with Crippen molar-refractivity contribution in [2.24, 2.45) is 5.73 Å². The topological polar surface area (TPSA) is 62.0 Å². The molecule has 112 valence electrons. The van der Waals surface area contributed by atoms with Crippen LogP contribution in [-0.4, -0.2) is 67.9 Å². The smallest absolute Gasteiger partial charge is 0.124 e. The van der Waals surface area contributed by atoms with E-state index in [0.29, 0.717) is 6.61 Å². The zero-order chi connectivity index (χ0) is 14.4. The molecular weight excluding hydrogens is 254 g/mol. The van der Waals surface area contributed by atoms with Gasteiger partial charge in [0, 0.05) is 38.3 Å². The predicted molar refractivity (Wildman–Crippen MR) is 79.9 cm³/mol. The summed E-state index contributed by atoms with van der Waals surface area (Å²) in [5.41, 5.74) is 6.75. The second kappa shape index (κ2) is 7.59. The third-order valence-corrected chi connectivity index (χ3v) is 3.78. The van der Waals surface area contributed by atoms with Crippen molar-refractivity contribution in [3.63, 3.8) is 0 Å². The molecule has 1 atom stereocenters. The first kappa shape index (κ1) is 15.3. The van der Waals surface area contributed by atoms with Crippen molar-refractivity contribution in [1.29, 1.82) is 0 Å². The lowest BCUT2D eigenvalue weighted by Crippen LogP contribution is -2.45. The van der Waals surface area contributed by atoms with Crippen LogP contribution in [0.1, 0.15) is 11.6 Å². The van der Waals surface area contributed by atoms with Crippen molar-refractivity contribution in [3.8, 4) is 5.75 Å². The summed E-state index contributed by atoms with van der Waals surface area (Å²) >= 11 is 0. The van der Waals surface area contributed by atoms with Gasteiger partial charge in [-0.05, 0) is 13.1 Å². The van der Waals surface area contributed by atoms with Gasteiger partial charge in [-0.1, -0.05) is 18.2 Å². The largest absolute Gasteiger partial charge is 0.492 e. The summed E-state index contributed by atoms with van der Waals surface area (Å²) in [5.74, 6) is 0.781. The number of aliphatic hydroxyl groups excluding tert-OH is 1. The van der Waals surface area contributed by atoms with Crippen molar-refractivity contribution in [2.45, 2.75) is 6.04 Å². The van der Waals surface area contributed by atoms with Crippen LogP contribution < -0.4 is 10.5 Å². The molecule has 1 aromatic rings. The van der Waals surface area contributed by atoms with Gasteiger partial charge >= 0.3 is 0 Å². The first-order chi connectivity index (χ1) is 9.70. The highest BCUT2D eigenvalue weighted by Crippen LogP contribution is 2.23. The van der Waals surface area contributed by atoms with Crippen molar-refractivity contribution in [3.05, 3.63) is 29.8 Å². The average Bonchev–Trinajstić information content (AvgIpc) is 2.49. The van der Waals surface area contributed by atoms with E-state index >= 15 is 0 Å². The molecule has 0 unspecified atom stereocenters. The van der Waals surface area contributed by atoms with Crippen molar-refractivity contribution < 1.29 is 9.84 Å². The fraction of sp³-hybridized carbons (Fsp3) is 0.600. The lowest BCUT2D eigenvalue weighted by atomic mass is 10.1. The molecule has 0 saturated carbocycles. The first-order valence-electron chi connectivity index (χ1n) is 7.19. The molecule has 1 aliphatic heterocycles. The summed E-state index contributed by atoms with van der Waals surface area (Å²) in [6, 6.07) is 7.28. The summed E-state index contributed by atoms with van der Waals surface area (Å²) in [4.78, 5) is 4.75. The van der Waals surface area contributed by atoms with Gasteiger partial charge in [0.15, 0.2) is 0 Å². The fourth-order valence-electron chi connectivity index (χ4n) is 2.37. The van der Waals surface area contributed by atoms with Gasteiger partial charge in [0.05, 0.1) is 12.6 Å². The monoisotopic (exact) mass is 279 g/mol. The molecule has 5 heteroatoms. The van der Waals surface area contributed by atoms with Gasteiger partial charge in [-0.15, -0.1) is 0 Å². The maximum absolute atomic E-state index is 9.17. The van der Waals surface area contributed by atoms with E-state index in [-0.39, 0.29) is 12.6 Å². The molecule has 20 heavy (non-hydrogen) atoms. The van der Waals surface area contributed by atoms with E-state index in [9.17, 15) is 5.11 Å². The molecule has 0 aliphatic carbocycles. The third kappa shape index (κ3) is 4.18. The minimum atomic E-state index is -0.380. The maximum atomic E-state index is 9.17. The van der Waals surface area contributed by atoms with Crippen molar-refractivity contribution >= 4 is 0 Å². The summed E-state index contributed by atoms with van der Waals surface area (Å²) in [6.45, 7) is 5.93. The van der Waals surface area contributed by atoms with Gasteiger partial charge in [-0.25, -0.2) is 0 Å².